The number of rotatable bonds is 2. The van der Waals surface area contributed by atoms with E-state index >= 15 is 0 Å². The standard InChI is InChI=1S/C9H5BrF5NO2/c1-18-8(17)6-4(9(13,14)15)5(10)3(2-16-6)7(11)12/h2,7H,1H3. The fourth-order valence-corrected chi connectivity index (χ4v) is 1.85. The van der Waals surface area contributed by atoms with Crippen LogP contribution in [-0.2, 0) is 10.9 Å². The second-order valence-corrected chi connectivity index (χ2v) is 3.83. The first-order valence-corrected chi connectivity index (χ1v) is 5.11. The van der Waals surface area contributed by atoms with E-state index in [2.05, 4.69) is 25.7 Å². The highest BCUT2D eigenvalue weighted by molar-refractivity contribution is 9.10. The minimum Gasteiger partial charge on any atom is -0.464 e. The van der Waals surface area contributed by atoms with E-state index in [-0.39, 0.29) is 0 Å². The number of ether oxygens (including phenoxy) is 1. The predicted octanol–water partition coefficient (Wildman–Crippen LogP) is 3.59. The lowest BCUT2D eigenvalue weighted by atomic mass is 10.1. The highest BCUT2D eigenvalue weighted by Gasteiger charge is 2.40. The number of hydrogen-bond acceptors (Lipinski definition) is 3. The van der Waals surface area contributed by atoms with E-state index in [4.69, 9.17) is 0 Å². The minimum atomic E-state index is -5.01. The Hall–Kier alpha value is -1.25. The van der Waals surface area contributed by atoms with Crippen LogP contribution in [0.2, 0.25) is 0 Å². The molecule has 0 aliphatic rings. The van der Waals surface area contributed by atoms with Crippen LogP contribution in [0.5, 0.6) is 0 Å². The molecular formula is C9H5BrF5NO2. The number of alkyl halides is 5. The van der Waals surface area contributed by atoms with Crippen LogP contribution in [-0.4, -0.2) is 18.1 Å². The minimum absolute atomic E-state index is 0.496. The van der Waals surface area contributed by atoms with Gasteiger partial charge in [-0.25, -0.2) is 18.6 Å². The van der Waals surface area contributed by atoms with Crippen LogP contribution in [0.15, 0.2) is 10.7 Å². The van der Waals surface area contributed by atoms with Gasteiger partial charge in [-0.1, -0.05) is 0 Å². The first-order chi connectivity index (χ1) is 8.20. The first kappa shape index (κ1) is 14.8. The van der Waals surface area contributed by atoms with Crippen molar-refractivity contribution in [2.75, 3.05) is 7.11 Å². The summed E-state index contributed by atoms with van der Waals surface area (Å²) in [6.45, 7) is 0. The van der Waals surface area contributed by atoms with Crippen LogP contribution >= 0.6 is 15.9 Å². The van der Waals surface area contributed by atoms with Gasteiger partial charge in [0.05, 0.1) is 12.7 Å². The quantitative estimate of drug-likeness (QED) is 0.613. The van der Waals surface area contributed by atoms with Crippen LogP contribution in [0.1, 0.15) is 28.0 Å². The lowest BCUT2D eigenvalue weighted by molar-refractivity contribution is -0.139. The molecule has 0 spiro atoms. The Labute approximate surface area is 106 Å². The van der Waals surface area contributed by atoms with Gasteiger partial charge in [0, 0.05) is 10.7 Å². The number of halogens is 6. The third-order valence-electron chi connectivity index (χ3n) is 1.94. The number of pyridine rings is 1. The Kier molecular flexibility index (Phi) is 4.25. The molecule has 0 radical (unpaired) electrons. The number of carbonyl (C=O) groups excluding carboxylic acids is 1. The largest absolute Gasteiger partial charge is 0.464 e. The van der Waals surface area contributed by atoms with E-state index in [1.54, 1.807) is 0 Å². The summed E-state index contributed by atoms with van der Waals surface area (Å²) in [4.78, 5) is 14.2. The lowest BCUT2D eigenvalue weighted by Crippen LogP contribution is -2.18. The molecule has 9 heteroatoms. The molecule has 3 nitrogen and oxygen atoms in total. The average molecular weight is 334 g/mol. The Bertz CT molecular complexity index is 475. The van der Waals surface area contributed by atoms with Crippen molar-refractivity contribution in [1.29, 1.82) is 0 Å². The summed E-state index contributed by atoms with van der Waals surface area (Å²) < 4.78 is 66.3. The molecule has 1 aromatic heterocycles. The van der Waals surface area contributed by atoms with E-state index in [0.29, 0.717) is 6.20 Å². The Morgan fingerprint density at radius 1 is 1.44 bits per heavy atom. The maximum Gasteiger partial charge on any atom is 0.419 e. The second-order valence-electron chi connectivity index (χ2n) is 3.04. The summed E-state index contributed by atoms with van der Waals surface area (Å²) >= 11 is 2.42. The van der Waals surface area contributed by atoms with Gasteiger partial charge < -0.3 is 4.74 Å². The monoisotopic (exact) mass is 333 g/mol. The third-order valence-corrected chi connectivity index (χ3v) is 2.79. The van der Waals surface area contributed by atoms with Crippen LogP contribution in [0.3, 0.4) is 0 Å². The maximum absolute atomic E-state index is 12.7. The summed E-state index contributed by atoms with van der Waals surface area (Å²) in [7, 11) is 0.860. The molecule has 0 N–H and O–H groups in total. The molecule has 18 heavy (non-hydrogen) atoms. The molecule has 0 aliphatic carbocycles. The smallest absolute Gasteiger partial charge is 0.419 e. The van der Waals surface area contributed by atoms with Crippen molar-refractivity contribution in [2.24, 2.45) is 0 Å². The molecule has 0 unspecified atom stereocenters. The highest BCUT2D eigenvalue weighted by Crippen LogP contribution is 2.40. The van der Waals surface area contributed by atoms with Crippen LogP contribution in [0.4, 0.5) is 22.0 Å². The number of methoxy groups -OCH3 is 1. The zero-order valence-electron chi connectivity index (χ0n) is 8.69. The average Bonchev–Trinajstić information content (AvgIpc) is 2.25. The third kappa shape index (κ3) is 2.77. The fraction of sp³-hybridized carbons (Fsp3) is 0.333. The van der Waals surface area contributed by atoms with Gasteiger partial charge in [0.25, 0.3) is 6.43 Å². The molecule has 0 saturated carbocycles. The summed E-state index contributed by atoms with van der Waals surface area (Å²) in [5, 5.41) is 0. The molecule has 0 aromatic carbocycles. The zero-order valence-corrected chi connectivity index (χ0v) is 10.3. The molecular weight excluding hydrogens is 329 g/mol. The van der Waals surface area contributed by atoms with Gasteiger partial charge in [-0.15, -0.1) is 0 Å². The zero-order chi connectivity index (χ0) is 14.1. The molecule has 1 rings (SSSR count). The SMILES string of the molecule is COC(=O)c1ncc(C(F)F)c(Br)c1C(F)(F)F. The van der Waals surface area contributed by atoms with Crippen molar-refractivity contribution in [3.8, 4) is 0 Å². The highest BCUT2D eigenvalue weighted by atomic mass is 79.9. The van der Waals surface area contributed by atoms with Gasteiger partial charge >= 0.3 is 12.1 Å². The fourth-order valence-electron chi connectivity index (χ4n) is 1.17. The molecule has 0 atom stereocenters. The summed E-state index contributed by atoms with van der Waals surface area (Å²) in [6.07, 6.45) is -7.67. The molecule has 100 valence electrons. The van der Waals surface area contributed by atoms with Crippen LogP contribution in [0.25, 0.3) is 0 Å². The van der Waals surface area contributed by atoms with Gasteiger partial charge in [-0.3, -0.25) is 0 Å². The van der Waals surface area contributed by atoms with E-state index in [1.165, 1.54) is 0 Å². The predicted molar refractivity (Wildman–Crippen MR) is 53.2 cm³/mol. The molecule has 0 fully saturated rings. The molecule has 1 aromatic rings. The Morgan fingerprint density at radius 2 is 2.00 bits per heavy atom. The van der Waals surface area contributed by atoms with E-state index in [1.807, 2.05) is 0 Å². The molecule has 0 aliphatic heterocycles. The summed E-state index contributed by atoms with van der Waals surface area (Å²) in [6, 6.07) is 0. The van der Waals surface area contributed by atoms with E-state index in [9.17, 15) is 26.7 Å². The van der Waals surface area contributed by atoms with Crippen molar-refractivity contribution in [2.45, 2.75) is 12.6 Å². The number of hydrogen-bond donors (Lipinski definition) is 0. The molecule has 0 amide bonds. The van der Waals surface area contributed by atoms with Crippen molar-refractivity contribution in [3.05, 3.63) is 27.5 Å². The van der Waals surface area contributed by atoms with Crippen molar-refractivity contribution < 1.29 is 31.5 Å². The van der Waals surface area contributed by atoms with Crippen LogP contribution < -0.4 is 0 Å². The number of nitrogens with zero attached hydrogens (tertiary/aromatic N) is 1. The van der Waals surface area contributed by atoms with Crippen molar-refractivity contribution >= 4 is 21.9 Å². The van der Waals surface area contributed by atoms with Crippen molar-refractivity contribution in [1.82, 2.24) is 4.98 Å². The Morgan fingerprint density at radius 3 is 2.39 bits per heavy atom. The summed E-state index contributed by atoms with van der Waals surface area (Å²) in [5.74, 6) is -1.36. The molecule has 1 heterocycles. The van der Waals surface area contributed by atoms with Crippen LogP contribution in [0, 0.1) is 0 Å². The molecule has 0 bridgehead atoms. The van der Waals surface area contributed by atoms with E-state index in [0.717, 1.165) is 7.11 Å². The number of aromatic nitrogens is 1. The second kappa shape index (κ2) is 5.17. The van der Waals surface area contributed by atoms with Gasteiger partial charge in [-0.05, 0) is 15.9 Å². The van der Waals surface area contributed by atoms with Gasteiger partial charge in [0.1, 0.15) is 5.56 Å². The topological polar surface area (TPSA) is 39.2 Å². The maximum atomic E-state index is 12.7. The first-order valence-electron chi connectivity index (χ1n) is 4.32. The molecule has 0 saturated heterocycles. The number of carbonyl (C=O) groups is 1. The summed E-state index contributed by atoms with van der Waals surface area (Å²) in [5.41, 5.74) is -3.59. The normalized spacial score (nSPS) is 11.8. The van der Waals surface area contributed by atoms with Gasteiger partial charge in [-0.2, -0.15) is 13.2 Å². The number of esters is 1. The van der Waals surface area contributed by atoms with Crippen molar-refractivity contribution in [3.63, 3.8) is 0 Å². The Balaban J connectivity index is 3.57. The lowest BCUT2D eigenvalue weighted by Gasteiger charge is -2.15. The van der Waals surface area contributed by atoms with E-state index < -0.39 is 39.9 Å². The van der Waals surface area contributed by atoms with Gasteiger partial charge in [0.2, 0.25) is 0 Å². The van der Waals surface area contributed by atoms with Gasteiger partial charge in [0.15, 0.2) is 5.69 Å².